The molecule has 0 saturated heterocycles. The molecule has 0 N–H and O–H groups in total. The Hall–Kier alpha value is -2.36. The van der Waals surface area contributed by atoms with Crippen molar-refractivity contribution in [2.45, 2.75) is 39.5 Å². The third kappa shape index (κ3) is 5.31. The fraction of sp³-hybridized carbons (Fsp3) is 0.429. The van der Waals surface area contributed by atoms with Crippen molar-refractivity contribution in [3.05, 3.63) is 53.6 Å². The Labute approximate surface area is 149 Å². The molecule has 2 rings (SSSR count). The molecule has 1 aromatic carbocycles. The molecule has 0 radical (unpaired) electrons. The summed E-state index contributed by atoms with van der Waals surface area (Å²) >= 11 is 0. The topological polar surface area (TPSA) is 52.6 Å². The van der Waals surface area contributed by atoms with Crippen LogP contribution < -0.4 is 0 Å². The highest BCUT2D eigenvalue weighted by Crippen LogP contribution is 2.36. The van der Waals surface area contributed by atoms with Crippen LogP contribution in [0.15, 0.2) is 48.1 Å². The lowest BCUT2D eigenvalue weighted by molar-refractivity contribution is -0.171. The minimum Gasteiger partial charge on any atom is -0.465 e. The molecular weight excluding hydrogens is 316 g/mol. The van der Waals surface area contributed by atoms with Crippen LogP contribution in [0.4, 0.5) is 0 Å². The van der Waals surface area contributed by atoms with Crippen molar-refractivity contribution in [2.75, 3.05) is 13.2 Å². The second kappa shape index (κ2) is 9.21. The van der Waals surface area contributed by atoms with Crippen molar-refractivity contribution in [3.63, 3.8) is 0 Å². The Balaban J connectivity index is 2.26. The van der Waals surface area contributed by atoms with Crippen molar-refractivity contribution >= 4 is 18.0 Å². The minimum atomic E-state index is -1.31. The molecule has 0 unspecified atom stereocenters. The predicted molar refractivity (Wildman–Crippen MR) is 97.7 cm³/mol. The molecule has 4 nitrogen and oxygen atoms in total. The molecule has 0 amide bonds. The van der Waals surface area contributed by atoms with Gasteiger partial charge in [0, 0.05) is 0 Å². The first-order chi connectivity index (χ1) is 12.1. The molecule has 1 aliphatic rings. The van der Waals surface area contributed by atoms with E-state index in [9.17, 15) is 9.59 Å². The number of rotatable bonds is 9. The summed E-state index contributed by atoms with van der Waals surface area (Å²) in [6, 6.07) is 9.78. The van der Waals surface area contributed by atoms with Crippen LogP contribution in [-0.4, -0.2) is 25.2 Å². The molecule has 0 atom stereocenters. The van der Waals surface area contributed by atoms with Crippen molar-refractivity contribution in [1.82, 2.24) is 0 Å². The summed E-state index contributed by atoms with van der Waals surface area (Å²) in [5, 5.41) is 0. The maximum Gasteiger partial charge on any atom is 0.324 e. The van der Waals surface area contributed by atoms with Crippen LogP contribution in [0.25, 0.3) is 6.08 Å². The fourth-order valence-electron chi connectivity index (χ4n) is 2.59. The van der Waals surface area contributed by atoms with Gasteiger partial charge in [0.15, 0.2) is 5.41 Å². The number of esters is 2. The third-order valence-corrected chi connectivity index (χ3v) is 4.19. The highest BCUT2D eigenvalue weighted by molar-refractivity contribution is 6.00. The number of benzene rings is 1. The van der Waals surface area contributed by atoms with E-state index < -0.39 is 17.4 Å². The van der Waals surface area contributed by atoms with E-state index in [0.29, 0.717) is 6.42 Å². The van der Waals surface area contributed by atoms with E-state index >= 15 is 0 Å². The summed E-state index contributed by atoms with van der Waals surface area (Å²) < 4.78 is 10.5. The average molecular weight is 342 g/mol. The first-order valence-corrected chi connectivity index (χ1v) is 8.86. The summed E-state index contributed by atoms with van der Waals surface area (Å²) in [5.41, 5.74) is 0.988. The van der Waals surface area contributed by atoms with Crippen LogP contribution >= 0.6 is 0 Å². The van der Waals surface area contributed by atoms with Gasteiger partial charge in [-0.05, 0) is 45.1 Å². The van der Waals surface area contributed by atoms with Gasteiger partial charge in [-0.2, -0.15) is 0 Å². The van der Waals surface area contributed by atoms with Gasteiger partial charge in [0.05, 0.1) is 13.2 Å². The number of hydrogen-bond acceptors (Lipinski definition) is 4. The van der Waals surface area contributed by atoms with Crippen LogP contribution in [0.3, 0.4) is 0 Å². The summed E-state index contributed by atoms with van der Waals surface area (Å²) in [6.45, 7) is 3.96. The summed E-state index contributed by atoms with van der Waals surface area (Å²) in [4.78, 5) is 25.3. The Kier molecular flexibility index (Phi) is 6.99. The second-order valence-corrected chi connectivity index (χ2v) is 6.11. The van der Waals surface area contributed by atoms with E-state index in [1.807, 2.05) is 48.6 Å². The van der Waals surface area contributed by atoms with Gasteiger partial charge in [-0.25, -0.2) is 0 Å². The highest BCUT2D eigenvalue weighted by atomic mass is 16.6. The van der Waals surface area contributed by atoms with E-state index in [-0.39, 0.29) is 19.6 Å². The van der Waals surface area contributed by atoms with Crippen molar-refractivity contribution in [3.8, 4) is 0 Å². The Bertz CT molecular complexity index is 619. The number of hydrogen-bond donors (Lipinski definition) is 0. The third-order valence-electron chi connectivity index (χ3n) is 4.19. The van der Waals surface area contributed by atoms with Gasteiger partial charge in [-0.15, -0.1) is 0 Å². The zero-order chi connectivity index (χ0) is 18.1. The van der Waals surface area contributed by atoms with Crippen LogP contribution in [0.1, 0.15) is 45.1 Å². The number of carbonyl (C=O) groups is 2. The largest absolute Gasteiger partial charge is 0.465 e. The van der Waals surface area contributed by atoms with E-state index in [2.05, 4.69) is 0 Å². The van der Waals surface area contributed by atoms with E-state index in [1.54, 1.807) is 13.8 Å². The van der Waals surface area contributed by atoms with Crippen LogP contribution in [-0.2, 0) is 19.1 Å². The zero-order valence-corrected chi connectivity index (χ0v) is 15.0. The SMILES string of the molecule is CCOC(=O)C(CC=C1CC1)(C/C=C/c1ccccc1)C(=O)OCC. The Morgan fingerprint density at radius 3 is 2.12 bits per heavy atom. The van der Waals surface area contributed by atoms with Gasteiger partial charge in [-0.3, -0.25) is 9.59 Å². The monoisotopic (exact) mass is 342 g/mol. The van der Waals surface area contributed by atoms with Crippen molar-refractivity contribution in [2.24, 2.45) is 5.41 Å². The van der Waals surface area contributed by atoms with Gasteiger partial charge >= 0.3 is 11.9 Å². The second-order valence-electron chi connectivity index (χ2n) is 6.11. The van der Waals surface area contributed by atoms with Crippen molar-refractivity contribution < 1.29 is 19.1 Å². The molecule has 1 aromatic rings. The maximum atomic E-state index is 12.7. The Morgan fingerprint density at radius 1 is 1.00 bits per heavy atom. The molecule has 0 aliphatic heterocycles. The molecular formula is C21H26O4. The van der Waals surface area contributed by atoms with Crippen molar-refractivity contribution in [1.29, 1.82) is 0 Å². The molecule has 25 heavy (non-hydrogen) atoms. The summed E-state index contributed by atoms with van der Waals surface area (Å²) in [5.74, 6) is -1.02. The molecule has 0 bridgehead atoms. The lowest BCUT2D eigenvalue weighted by Crippen LogP contribution is -2.41. The van der Waals surface area contributed by atoms with Crippen LogP contribution in [0.5, 0.6) is 0 Å². The first kappa shape index (κ1) is 19.0. The molecule has 0 heterocycles. The first-order valence-electron chi connectivity index (χ1n) is 8.86. The molecule has 1 saturated carbocycles. The van der Waals surface area contributed by atoms with E-state index in [1.165, 1.54) is 5.57 Å². The summed E-state index contributed by atoms with van der Waals surface area (Å²) in [6.07, 6.45) is 8.42. The van der Waals surface area contributed by atoms with E-state index in [4.69, 9.17) is 9.47 Å². The molecule has 4 heteroatoms. The number of carbonyl (C=O) groups excluding carboxylic acids is 2. The molecule has 0 spiro atoms. The Morgan fingerprint density at radius 2 is 1.60 bits per heavy atom. The molecule has 134 valence electrons. The smallest absolute Gasteiger partial charge is 0.324 e. The average Bonchev–Trinajstić information content (AvgIpc) is 3.43. The molecule has 0 aromatic heterocycles. The quantitative estimate of drug-likeness (QED) is 0.381. The standard InChI is InChI=1S/C21H26O4/c1-3-24-19(22)21(20(23)25-4-2,16-14-18-12-13-18)15-8-11-17-9-6-5-7-10-17/h5-11,14H,3-4,12-13,15-16H2,1-2H3/b11-8+. The van der Waals surface area contributed by atoms with Crippen LogP contribution in [0, 0.1) is 5.41 Å². The lowest BCUT2D eigenvalue weighted by Gasteiger charge is -2.27. The number of allylic oxidation sites excluding steroid dienone is 3. The predicted octanol–water partition coefficient (Wildman–Crippen LogP) is 4.31. The van der Waals surface area contributed by atoms with Gasteiger partial charge < -0.3 is 9.47 Å². The normalized spacial score (nSPS) is 13.6. The van der Waals surface area contributed by atoms with Gasteiger partial charge in [-0.1, -0.05) is 54.1 Å². The minimum absolute atomic E-state index is 0.235. The summed E-state index contributed by atoms with van der Waals surface area (Å²) in [7, 11) is 0. The van der Waals surface area contributed by atoms with Gasteiger partial charge in [0.1, 0.15) is 0 Å². The zero-order valence-electron chi connectivity index (χ0n) is 15.0. The highest BCUT2D eigenvalue weighted by Gasteiger charge is 2.47. The van der Waals surface area contributed by atoms with Gasteiger partial charge in [0.2, 0.25) is 0 Å². The lowest BCUT2D eigenvalue weighted by atomic mass is 9.80. The fourth-order valence-corrected chi connectivity index (χ4v) is 2.59. The van der Waals surface area contributed by atoms with Gasteiger partial charge in [0.25, 0.3) is 0 Å². The van der Waals surface area contributed by atoms with E-state index in [0.717, 1.165) is 18.4 Å². The number of ether oxygens (including phenoxy) is 2. The molecule has 1 fully saturated rings. The van der Waals surface area contributed by atoms with Crippen LogP contribution in [0.2, 0.25) is 0 Å². The maximum absolute atomic E-state index is 12.7. The molecule has 1 aliphatic carbocycles.